The van der Waals surface area contributed by atoms with Gasteiger partial charge >= 0.3 is 18.0 Å². The van der Waals surface area contributed by atoms with Crippen LogP contribution in [0.5, 0.6) is 0 Å². The lowest BCUT2D eigenvalue weighted by molar-refractivity contribution is -0.148. The van der Waals surface area contributed by atoms with Crippen molar-refractivity contribution in [3.8, 4) is 0 Å². The molecule has 0 aromatic rings. The summed E-state index contributed by atoms with van der Waals surface area (Å²) in [5, 5.41) is 10.6. The number of alkyl carbamates (subject to hydrolysis) is 1. The van der Waals surface area contributed by atoms with E-state index in [0.717, 1.165) is 0 Å². The van der Waals surface area contributed by atoms with Crippen molar-refractivity contribution in [2.45, 2.75) is 51.9 Å². The number of amides is 1. The number of rotatable bonds is 6. The van der Waals surface area contributed by atoms with Crippen molar-refractivity contribution in [2.75, 3.05) is 6.61 Å². The fourth-order valence-electron chi connectivity index (χ4n) is 1.21. The predicted molar refractivity (Wildman–Crippen MR) is 66.9 cm³/mol. The smallest absolute Gasteiger partial charge is 0.408 e. The Bertz CT molecular complexity index is 365. The SMILES string of the molecule is CCOC(=O)[C@H](C[C@@H](F)C(=O)O)NC(=O)OC(C)(C)C. The van der Waals surface area contributed by atoms with Crippen molar-refractivity contribution in [3.05, 3.63) is 0 Å². The Morgan fingerprint density at radius 2 is 1.85 bits per heavy atom. The third-order valence-corrected chi connectivity index (χ3v) is 1.97. The van der Waals surface area contributed by atoms with E-state index in [9.17, 15) is 18.8 Å². The summed E-state index contributed by atoms with van der Waals surface area (Å²) in [6.45, 7) is 6.39. The minimum atomic E-state index is -2.29. The minimum absolute atomic E-state index is 0.0232. The van der Waals surface area contributed by atoms with Gasteiger partial charge in [0.25, 0.3) is 0 Å². The molecule has 0 aliphatic carbocycles. The number of halogens is 1. The first-order chi connectivity index (χ1) is 9.06. The van der Waals surface area contributed by atoms with Gasteiger partial charge in [-0.3, -0.25) is 0 Å². The Morgan fingerprint density at radius 3 is 2.25 bits per heavy atom. The average Bonchev–Trinajstić information content (AvgIpc) is 2.25. The van der Waals surface area contributed by atoms with Crippen molar-refractivity contribution in [1.82, 2.24) is 5.32 Å². The largest absolute Gasteiger partial charge is 0.479 e. The van der Waals surface area contributed by atoms with Crippen LogP contribution in [-0.2, 0) is 19.1 Å². The van der Waals surface area contributed by atoms with Crippen LogP contribution >= 0.6 is 0 Å². The molecule has 0 radical (unpaired) electrons. The van der Waals surface area contributed by atoms with Crippen molar-refractivity contribution >= 4 is 18.0 Å². The standard InChI is InChI=1S/C12H20FNO6/c1-5-19-10(17)8(6-7(13)9(15)16)14-11(18)20-12(2,3)4/h7-8H,5-6H2,1-4H3,(H,14,18)(H,15,16)/t7-,8+/m1/s1. The first-order valence-corrected chi connectivity index (χ1v) is 6.09. The molecule has 0 bridgehead atoms. The summed E-state index contributed by atoms with van der Waals surface area (Å²) in [7, 11) is 0. The first-order valence-electron chi connectivity index (χ1n) is 6.09. The summed E-state index contributed by atoms with van der Waals surface area (Å²) in [4.78, 5) is 33.5. The van der Waals surface area contributed by atoms with Gasteiger partial charge in [0.1, 0.15) is 11.6 Å². The lowest BCUT2D eigenvalue weighted by Crippen LogP contribution is -2.46. The molecule has 0 aromatic heterocycles. The third kappa shape index (κ3) is 7.55. The van der Waals surface area contributed by atoms with Gasteiger partial charge in [-0.1, -0.05) is 0 Å². The monoisotopic (exact) mass is 293 g/mol. The van der Waals surface area contributed by atoms with Gasteiger partial charge < -0.3 is 19.9 Å². The molecule has 0 aliphatic rings. The molecule has 0 heterocycles. The highest BCUT2D eigenvalue weighted by Crippen LogP contribution is 2.09. The zero-order chi connectivity index (χ0) is 15.9. The van der Waals surface area contributed by atoms with E-state index in [4.69, 9.17) is 9.84 Å². The fourth-order valence-corrected chi connectivity index (χ4v) is 1.21. The molecule has 0 aliphatic heterocycles. The van der Waals surface area contributed by atoms with Gasteiger partial charge in [-0.15, -0.1) is 0 Å². The second-order valence-electron chi connectivity index (χ2n) is 4.99. The number of carboxylic acids is 1. The first kappa shape index (κ1) is 18.1. The van der Waals surface area contributed by atoms with Crippen LogP contribution in [0.1, 0.15) is 34.1 Å². The third-order valence-electron chi connectivity index (χ3n) is 1.97. The van der Waals surface area contributed by atoms with Crippen LogP contribution in [0.3, 0.4) is 0 Å². The maximum atomic E-state index is 13.2. The molecule has 7 nitrogen and oxygen atoms in total. The van der Waals surface area contributed by atoms with Crippen molar-refractivity contribution in [1.29, 1.82) is 0 Å². The van der Waals surface area contributed by atoms with E-state index in [1.54, 1.807) is 20.8 Å². The zero-order valence-electron chi connectivity index (χ0n) is 11.9. The van der Waals surface area contributed by atoms with Crippen LogP contribution in [0.4, 0.5) is 9.18 Å². The van der Waals surface area contributed by atoms with Crippen LogP contribution in [0.25, 0.3) is 0 Å². The van der Waals surface area contributed by atoms with E-state index in [0.29, 0.717) is 0 Å². The van der Waals surface area contributed by atoms with Gasteiger partial charge in [0.05, 0.1) is 6.61 Å². The van der Waals surface area contributed by atoms with Gasteiger partial charge in [0.2, 0.25) is 0 Å². The second kappa shape index (κ2) is 7.66. The number of hydrogen-bond acceptors (Lipinski definition) is 5. The highest BCUT2D eigenvalue weighted by Gasteiger charge is 2.30. The van der Waals surface area contributed by atoms with Gasteiger partial charge in [0, 0.05) is 6.42 Å². The molecule has 1 amide bonds. The van der Waals surface area contributed by atoms with Gasteiger partial charge in [-0.05, 0) is 27.7 Å². The van der Waals surface area contributed by atoms with E-state index in [1.807, 2.05) is 0 Å². The molecule has 116 valence electrons. The van der Waals surface area contributed by atoms with Crippen LogP contribution in [-0.4, -0.2) is 47.6 Å². The Labute approximate surface area is 116 Å². The molecule has 20 heavy (non-hydrogen) atoms. The highest BCUT2D eigenvalue weighted by atomic mass is 19.1. The van der Waals surface area contributed by atoms with Gasteiger partial charge in [0.15, 0.2) is 6.17 Å². The quantitative estimate of drug-likeness (QED) is 0.715. The molecule has 0 unspecified atom stereocenters. The topological polar surface area (TPSA) is 102 Å². The average molecular weight is 293 g/mol. The number of nitrogens with one attached hydrogen (secondary N) is 1. The second-order valence-corrected chi connectivity index (χ2v) is 4.99. The predicted octanol–water partition coefficient (Wildman–Crippen LogP) is 1.26. The number of carbonyl (C=O) groups is 3. The Morgan fingerprint density at radius 1 is 1.30 bits per heavy atom. The number of carboxylic acid groups (broad SMARTS) is 1. The molecule has 2 N–H and O–H groups in total. The van der Waals surface area contributed by atoms with E-state index >= 15 is 0 Å². The summed E-state index contributed by atoms with van der Waals surface area (Å²) in [6.07, 6.45) is -3.97. The molecule has 0 rings (SSSR count). The number of esters is 1. The Balaban J connectivity index is 4.73. The van der Waals surface area contributed by atoms with E-state index in [2.05, 4.69) is 10.1 Å². The van der Waals surface area contributed by atoms with E-state index in [1.165, 1.54) is 6.92 Å². The van der Waals surface area contributed by atoms with E-state index < -0.39 is 42.3 Å². The van der Waals surface area contributed by atoms with Crippen LogP contribution in [0.15, 0.2) is 0 Å². The molecule has 0 aromatic carbocycles. The molecular formula is C12H20FNO6. The Hall–Kier alpha value is -1.86. The van der Waals surface area contributed by atoms with Crippen LogP contribution in [0, 0.1) is 0 Å². The molecule has 2 atom stereocenters. The summed E-state index contributed by atoms with van der Waals surface area (Å²) < 4.78 is 22.7. The lowest BCUT2D eigenvalue weighted by atomic mass is 10.1. The number of ether oxygens (including phenoxy) is 2. The summed E-state index contributed by atoms with van der Waals surface area (Å²) >= 11 is 0. The van der Waals surface area contributed by atoms with Crippen molar-refractivity contribution in [2.24, 2.45) is 0 Å². The molecule has 8 heteroatoms. The number of hydrogen-bond donors (Lipinski definition) is 2. The fraction of sp³-hybridized carbons (Fsp3) is 0.750. The number of alkyl halides is 1. The van der Waals surface area contributed by atoms with Gasteiger partial charge in [-0.25, -0.2) is 18.8 Å². The molecule has 0 fully saturated rings. The summed E-state index contributed by atoms with van der Waals surface area (Å²) in [6, 6.07) is -1.42. The van der Waals surface area contributed by atoms with E-state index in [-0.39, 0.29) is 6.61 Å². The maximum absolute atomic E-state index is 13.2. The van der Waals surface area contributed by atoms with Crippen molar-refractivity contribution < 1.29 is 33.4 Å². The number of aliphatic carboxylic acids is 1. The van der Waals surface area contributed by atoms with Gasteiger partial charge in [-0.2, -0.15) is 0 Å². The van der Waals surface area contributed by atoms with Crippen LogP contribution < -0.4 is 5.32 Å². The minimum Gasteiger partial charge on any atom is -0.479 e. The van der Waals surface area contributed by atoms with Crippen LogP contribution in [0.2, 0.25) is 0 Å². The zero-order valence-corrected chi connectivity index (χ0v) is 11.9. The maximum Gasteiger partial charge on any atom is 0.408 e. The molecule has 0 saturated heterocycles. The lowest BCUT2D eigenvalue weighted by Gasteiger charge is -2.23. The summed E-state index contributed by atoms with van der Waals surface area (Å²) in [5.74, 6) is -2.63. The molecule has 0 spiro atoms. The summed E-state index contributed by atoms with van der Waals surface area (Å²) in [5.41, 5.74) is -0.800. The van der Waals surface area contributed by atoms with Crippen molar-refractivity contribution in [3.63, 3.8) is 0 Å². The number of carbonyl (C=O) groups excluding carboxylic acids is 2. The Kier molecular flexibility index (Phi) is 6.95. The highest BCUT2D eigenvalue weighted by molar-refractivity contribution is 5.82. The molecular weight excluding hydrogens is 273 g/mol. The molecule has 0 saturated carbocycles. The normalized spacial score (nSPS) is 14.1.